The number of rotatable bonds is 4. The van der Waals surface area contributed by atoms with Crippen LogP contribution in [0.5, 0.6) is 0 Å². The molecule has 7 aromatic rings. The van der Waals surface area contributed by atoms with Crippen molar-refractivity contribution in [3.8, 4) is 33.4 Å². The quantitative estimate of drug-likeness (QED) is 0.196. The highest BCUT2D eigenvalue weighted by atomic mass is 15.1. The Labute approximate surface area is 272 Å². The molecule has 46 heavy (non-hydrogen) atoms. The molecule has 0 fully saturated rings. The van der Waals surface area contributed by atoms with Gasteiger partial charge in [-0.15, -0.1) is 0 Å². The molecule has 0 bridgehead atoms. The van der Waals surface area contributed by atoms with Gasteiger partial charge < -0.3 is 4.90 Å². The Balaban J connectivity index is 1.18. The van der Waals surface area contributed by atoms with E-state index in [4.69, 9.17) is 0 Å². The molecule has 0 radical (unpaired) electrons. The van der Waals surface area contributed by atoms with E-state index in [2.05, 4.69) is 174 Å². The van der Waals surface area contributed by atoms with Crippen molar-refractivity contribution in [1.29, 1.82) is 0 Å². The molecule has 0 spiro atoms. The molecule has 7 aromatic carbocycles. The molecular weight excluding hydrogens is 555 g/mol. The molecule has 1 aliphatic rings. The Morgan fingerprint density at radius 2 is 0.978 bits per heavy atom. The monoisotopic (exact) mass is 593 g/mol. The lowest BCUT2D eigenvalue weighted by atomic mass is 9.77. The predicted molar refractivity (Wildman–Crippen MR) is 199 cm³/mol. The van der Waals surface area contributed by atoms with Crippen LogP contribution in [0.2, 0.25) is 0 Å². The summed E-state index contributed by atoms with van der Waals surface area (Å²) in [5.74, 6) is 0. The summed E-state index contributed by atoms with van der Waals surface area (Å²) >= 11 is 0. The van der Waals surface area contributed by atoms with Gasteiger partial charge in [0.15, 0.2) is 0 Å². The van der Waals surface area contributed by atoms with Crippen LogP contribution in [0.1, 0.15) is 43.0 Å². The number of benzene rings is 7. The van der Waals surface area contributed by atoms with Gasteiger partial charge in [-0.05, 0) is 164 Å². The van der Waals surface area contributed by atoms with Crippen LogP contribution >= 0.6 is 0 Å². The molecule has 0 aliphatic heterocycles. The highest BCUT2D eigenvalue weighted by Gasteiger charge is 2.24. The van der Waals surface area contributed by atoms with Gasteiger partial charge in [-0.2, -0.15) is 0 Å². The van der Waals surface area contributed by atoms with Crippen LogP contribution in [0.25, 0.3) is 54.9 Å². The summed E-state index contributed by atoms with van der Waals surface area (Å²) in [6.07, 6.45) is 0. The minimum atomic E-state index is 0.157. The second kappa shape index (κ2) is 10.5. The standard InChI is InChI=1S/C45H39N/c1-28-19-29(2)21-39(20-28)46(44-10-8-7-9-30(44)3)38-18-15-34-25-41-42-26-35-22-32(31-13-16-37(17-14-31)45(4,5)6)11-12-33(35)24-40(42)43(41)27-36(34)23-38/h7-27H,1-6H3. The number of para-hydroxylation sites is 1. The maximum absolute atomic E-state index is 2.41. The number of hydrogen-bond acceptors (Lipinski definition) is 1. The number of anilines is 3. The molecule has 0 N–H and O–H groups in total. The summed E-state index contributed by atoms with van der Waals surface area (Å²) in [6, 6.07) is 47.9. The number of fused-ring (bicyclic) bond motifs is 6. The van der Waals surface area contributed by atoms with Gasteiger partial charge >= 0.3 is 0 Å². The van der Waals surface area contributed by atoms with Gasteiger partial charge in [-0.25, -0.2) is 0 Å². The first kappa shape index (κ1) is 28.3. The SMILES string of the molecule is Cc1cc(C)cc(N(c2ccc3cc4c(cc3c2)-c2cc3ccc(-c5ccc(C(C)(C)C)cc5)cc3cc2-4)c2ccccc2C)c1. The van der Waals surface area contributed by atoms with Crippen LogP contribution < -0.4 is 4.90 Å². The molecule has 224 valence electrons. The van der Waals surface area contributed by atoms with Crippen molar-refractivity contribution in [2.75, 3.05) is 4.90 Å². The van der Waals surface area contributed by atoms with Gasteiger partial charge in [-0.3, -0.25) is 0 Å². The average Bonchev–Trinajstić information content (AvgIpc) is 3.03. The van der Waals surface area contributed by atoms with Crippen molar-refractivity contribution in [2.24, 2.45) is 0 Å². The number of aryl methyl sites for hydroxylation is 3. The molecule has 0 atom stereocenters. The zero-order valence-electron chi connectivity index (χ0n) is 27.6. The van der Waals surface area contributed by atoms with Crippen LogP contribution in [0.4, 0.5) is 17.1 Å². The van der Waals surface area contributed by atoms with Crippen molar-refractivity contribution in [3.05, 3.63) is 150 Å². The van der Waals surface area contributed by atoms with E-state index in [1.807, 2.05) is 0 Å². The lowest BCUT2D eigenvalue weighted by molar-refractivity contribution is 0.590. The van der Waals surface area contributed by atoms with Crippen molar-refractivity contribution in [2.45, 2.75) is 47.0 Å². The normalized spacial score (nSPS) is 12.1. The van der Waals surface area contributed by atoms with Crippen LogP contribution in [0, 0.1) is 20.8 Å². The zero-order chi connectivity index (χ0) is 31.7. The lowest BCUT2D eigenvalue weighted by Crippen LogP contribution is -2.11. The average molecular weight is 594 g/mol. The first-order valence-electron chi connectivity index (χ1n) is 16.3. The third kappa shape index (κ3) is 4.79. The second-order valence-electron chi connectivity index (χ2n) is 14.2. The van der Waals surface area contributed by atoms with Crippen molar-refractivity contribution >= 4 is 38.6 Å². The maximum Gasteiger partial charge on any atom is 0.0490 e. The van der Waals surface area contributed by atoms with Crippen molar-refractivity contribution < 1.29 is 0 Å². The summed E-state index contributed by atoms with van der Waals surface area (Å²) in [7, 11) is 0. The van der Waals surface area contributed by atoms with E-state index in [0.717, 1.165) is 0 Å². The fraction of sp³-hybridized carbons (Fsp3) is 0.156. The van der Waals surface area contributed by atoms with Crippen LogP contribution in [-0.4, -0.2) is 0 Å². The molecule has 0 saturated carbocycles. The van der Waals surface area contributed by atoms with Gasteiger partial charge in [0.1, 0.15) is 0 Å². The molecule has 0 saturated heterocycles. The van der Waals surface area contributed by atoms with E-state index in [1.54, 1.807) is 0 Å². The Morgan fingerprint density at radius 3 is 1.59 bits per heavy atom. The first-order valence-corrected chi connectivity index (χ1v) is 16.3. The highest BCUT2D eigenvalue weighted by molar-refractivity contribution is 6.12. The zero-order valence-corrected chi connectivity index (χ0v) is 27.6. The maximum atomic E-state index is 2.41. The van der Waals surface area contributed by atoms with Gasteiger partial charge in [-0.1, -0.05) is 87.5 Å². The summed E-state index contributed by atoms with van der Waals surface area (Å²) in [4.78, 5) is 2.41. The molecule has 1 nitrogen and oxygen atoms in total. The van der Waals surface area contributed by atoms with Gasteiger partial charge in [0.05, 0.1) is 0 Å². The Hall–Kier alpha value is -5.14. The summed E-state index contributed by atoms with van der Waals surface area (Å²) in [5.41, 5.74) is 16.8. The number of nitrogens with zero attached hydrogens (tertiary/aromatic N) is 1. The van der Waals surface area contributed by atoms with Crippen LogP contribution in [0.15, 0.2) is 127 Å². The van der Waals surface area contributed by atoms with Crippen molar-refractivity contribution in [3.63, 3.8) is 0 Å². The topological polar surface area (TPSA) is 3.24 Å². The second-order valence-corrected chi connectivity index (χ2v) is 14.2. The van der Waals surface area contributed by atoms with Crippen LogP contribution in [-0.2, 0) is 5.41 Å². The first-order chi connectivity index (χ1) is 22.1. The molecule has 0 aromatic heterocycles. The largest absolute Gasteiger partial charge is 0.310 e. The summed E-state index contributed by atoms with van der Waals surface area (Å²) < 4.78 is 0. The summed E-state index contributed by atoms with van der Waals surface area (Å²) in [6.45, 7) is 13.4. The molecule has 8 rings (SSSR count). The molecule has 0 unspecified atom stereocenters. The van der Waals surface area contributed by atoms with E-state index >= 15 is 0 Å². The lowest BCUT2D eigenvalue weighted by Gasteiger charge is -2.29. The fourth-order valence-electron chi connectivity index (χ4n) is 7.21. The van der Waals surface area contributed by atoms with E-state index < -0.39 is 0 Å². The minimum Gasteiger partial charge on any atom is -0.310 e. The molecule has 1 heteroatoms. The van der Waals surface area contributed by atoms with E-state index in [1.165, 1.54) is 94.2 Å². The number of hydrogen-bond donors (Lipinski definition) is 0. The van der Waals surface area contributed by atoms with Crippen molar-refractivity contribution in [1.82, 2.24) is 0 Å². The molecular formula is C45H39N. The minimum absolute atomic E-state index is 0.157. The smallest absolute Gasteiger partial charge is 0.0490 e. The van der Waals surface area contributed by atoms with E-state index in [9.17, 15) is 0 Å². The fourth-order valence-corrected chi connectivity index (χ4v) is 7.21. The third-order valence-corrected chi connectivity index (χ3v) is 9.68. The Kier molecular flexibility index (Phi) is 6.44. The van der Waals surface area contributed by atoms with Gasteiger partial charge in [0, 0.05) is 17.1 Å². The summed E-state index contributed by atoms with van der Waals surface area (Å²) in [5, 5.41) is 5.11. The third-order valence-electron chi connectivity index (χ3n) is 9.68. The Bertz CT molecular complexity index is 2290. The van der Waals surface area contributed by atoms with E-state index in [0.29, 0.717) is 0 Å². The predicted octanol–water partition coefficient (Wildman–Crippen LogP) is 13.0. The Morgan fingerprint density at radius 1 is 0.435 bits per heavy atom. The van der Waals surface area contributed by atoms with Gasteiger partial charge in [0.2, 0.25) is 0 Å². The molecule has 1 aliphatic carbocycles. The molecule has 0 amide bonds. The van der Waals surface area contributed by atoms with Crippen LogP contribution in [0.3, 0.4) is 0 Å². The highest BCUT2D eigenvalue weighted by Crippen LogP contribution is 2.51. The van der Waals surface area contributed by atoms with Gasteiger partial charge in [0.25, 0.3) is 0 Å². The molecule has 0 heterocycles. The van der Waals surface area contributed by atoms with E-state index in [-0.39, 0.29) is 5.41 Å².